The molecule has 1 nitrogen and oxygen atoms in total. The summed E-state index contributed by atoms with van der Waals surface area (Å²) in [5.74, 6) is 0.846. The molecule has 0 heterocycles. The Morgan fingerprint density at radius 3 is 2.33 bits per heavy atom. The third kappa shape index (κ3) is 8.75. The van der Waals surface area contributed by atoms with E-state index in [2.05, 4.69) is 27.7 Å². The third-order valence-corrected chi connectivity index (χ3v) is 4.18. The van der Waals surface area contributed by atoms with Gasteiger partial charge in [-0.25, -0.2) is 0 Å². The van der Waals surface area contributed by atoms with Crippen molar-refractivity contribution in [1.29, 1.82) is 0 Å². The van der Waals surface area contributed by atoms with Crippen LogP contribution in [0.3, 0.4) is 0 Å². The van der Waals surface area contributed by atoms with Gasteiger partial charge in [0, 0.05) is 11.0 Å². The van der Waals surface area contributed by atoms with Gasteiger partial charge in [0.2, 0.25) is 0 Å². The van der Waals surface area contributed by atoms with Crippen molar-refractivity contribution in [2.45, 2.75) is 39.4 Å². The first-order valence-electron chi connectivity index (χ1n) is 4.35. The molecule has 1 unspecified atom stereocenters. The predicted molar refractivity (Wildman–Crippen MR) is 60.7 cm³/mol. The van der Waals surface area contributed by atoms with Crippen LogP contribution >= 0.6 is 21.6 Å². The van der Waals surface area contributed by atoms with Gasteiger partial charge in [-0.3, -0.25) is 0 Å². The fraction of sp³-hybridized carbons (Fsp3) is 1.00. The highest BCUT2D eigenvalue weighted by atomic mass is 33.1. The lowest BCUT2D eigenvalue weighted by Crippen LogP contribution is -2.11. The highest BCUT2D eigenvalue weighted by Gasteiger charge is 2.15. The Labute approximate surface area is 84.1 Å². The van der Waals surface area contributed by atoms with Gasteiger partial charge < -0.3 is 5.11 Å². The molecule has 12 heavy (non-hydrogen) atoms. The van der Waals surface area contributed by atoms with Crippen LogP contribution in [0.1, 0.15) is 34.1 Å². The molecule has 74 valence electrons. The van der Waals surface area contributed by atoms with Crippen LogP contribution in [0.25, 0.3) is 0 Å². The second kappa shape index (κ2) is 6.17. The molecule has 0 aliphatic carbocycles. The molecule has 0 aromatic rings. The minimum Gasteiger partial charge on any atom is -0.395 e. The molecule has 0 aromatic carbocycles. The normalized spacial score (nSPS) is 14.8. The molecule has 0 spiro atoms. The van der Waals surface area contributed by atoms with E-state index in [0.717, 1.165) is 5.75 Å². The molecule has 0 rings (SSSR count). The van der Waals surface area contributed by atoms with Crippen molar-refractivity contribution in [1.82, 2.24) is 0 Å². The molecule has 0 aliphatic rings. The van der Waals surface area contributed by atoms with Crippen molar-refractivity contribution in [2.24, 2.45) is 5.41 Å². The number of hydrogen-bond acceptors (Lipinski definition) is 3. The van der Waals surface area contributed by atoms with E-state index < -0.39 is 0 Å². The van der Waals surface area contributed by atoms with Crippen molar-refractivity contribution in [3.05, 3.63) is 0 Å². The molecule has 0 amide bonds. The molecule has 0 saturated heterocycles. The summed E-state index contributed by atoms with van der Waals surface area (Å²) in [7, 11) is 3.65. The maximum atomic E-state index is 8.58. The Hall–Kier alpha value is 0.660. The lowest BCUT2D eigenvalue weighted by molar-refractivity contribution is 0.323. The SMILES string of the molecule is CC(CC(C)(C)C)SSCCO. The summed E-state index contributed by atoms with van der Waals surface area (Å²) in [6.45, 7) is 9.34. The molecule has 0 aromatic heterocycles. The van der Waals surface area contributed by atoms with Gasteiger partial charge in [0.1, 0.15) is 0 Å². The van der Waals surface area contributed by atoms with E-state index in [1.54, 1.807) is 10.8 Å². The Kier molecular flexibility index (Phi) is 6.50. The summed E-state index contributed by atoms with van der Waals surface area (Å²) in [5.41, 5.74) is 0.423. The van der Waals surface area contributed by atoms with E-state index >= 15 is 0 Å². The minimum atomic E-state index is 0.292. The topological polar surface area (TPSA) is 20.2 Å². The average Bonchev–Trinajstić information content (AvgIpc) is 1.84. The number of rotatable bonds is 5. The van der Waals surface area contributed by atoms with Crippen molar-refractivity contribution in [3.8, 4) is 0 Å². The zero-order chi connectivity index (χ0) is 9.61. The quantitative estimate of drug-likeness (QED) is 0.553. The monoisotopic (exact) mass is 208 g/mol. The van der Waals surface area contributed by atoms with Gasteiger partial charge in [0.15, 0.2) is 0 Å². The third-order valence-electron chi connectivity index (χ3n) is 1.31. The van der Waals surface area contributed by atoms with Gasteiger partial charge >= 0.3 is 0 Å². The van der Waals surface area contributed by atoms with Gasteiger partial charge in [-0.1, -0.05) is 49.3 Å². The van der Waals surface area contributed by atoms with E-state index in [1.165, 1.54) is 6.42 Å². The highest BCUT2D eigenvalue weighted by Crippen LogP contribution is 2.33. The van der Waals surface area contributed by atoms with E-state index in [0.29, 0.717) is 17.3 Å². The molecule has 0 bridgehead atoms. The van der Waals surface area contributed by atoms with Crippen LogP contribution in [0.5, 0.6) is 0 Å². The lowest BCUT2D eigenvalue weighted by Gasteiger charge is -2.22. The Morgan fingerprint density at radius 1 is 1.33 bits per heavy atom. The number of aliphatic hydroxyl groups is 1. The number of aliphatic hydroxyl groups excluding tert-OH is 1. The summed E-state index contributed by atoms with van der Waals surface area (Å²) >= 11 is 0. The fourth-order valence-electron chi connectivity index (χ4n) is 1.10. The zero-order valence-corrected chi connectivity index (χ0v) is 10.1. The van der Waals surface area contributed by atoms with Crippen molar-refractivity contribution < 1.29 is 5.11 Å². The average molecular weight is 208 g/mol. The minimum absolute atomic E-state index is 0.292. The van der Waals surface area contributed by atoms with Crippen LogP contribution in [0.4, 0.5) is 0 Å². The molecule has 0 fully saturated rings. The van der Waals surface area contributed by atoms with Crippen LogP contribution in [-0.2, 0) is 0 Å². The maximum absolute atomic E-state index is 8.58. The van der Waals surface area contributed by atoms with Crippen molar-refractivity contribution in [3.63, 3.8) is 0 Å². The standard InChI is InChI=1S/C9H20OS2/c1-8(7-9(2,3)4)12-11-6-5-10/h8,10H,5-7H2,1-4H3. The van der Waals surface area contributed by atoms with Gasteiger partial charge in [0.25, 0.3) is 0 Å². The molecule has 0 radical (unpaired) electrons. The molecule has 3 heteroatoms. The largest absolute Gasteiger partial charge is 0.395 e. The summed E-state index contributed by atoms with van der Waals surface area (Å²) in [6, 6.07) is 0. The Morgan fingerprint density at radius 2 is 1.92 bits per heavy atom. The smallest absolute Gasteiger partial charge is 0.0530 e. The van der Waals surface area contributed by atoms with Crippen LogP contribution in [-0.4, -0.2) is 22.7 Å². The van der Waals surface area contributed by atoms with Crippen LogP contribution in [0.2, 0.25) is 0 Å². The first-order valence-corrected chi connectivity index (χ1v) is 6.73. The van der Waals surface area contributed by atoms with Gasteiger partial charge in [0.05, 0.1) is 6.61 Å². The first kappa shape index (κ1) is 12.7. The molecular formula is C9H20OS2. The first-order chi connectivity index (χ1) is 5.45. The molecule has 1 atom stereocenters. The van der Waals surface area contributed by atoms with E-state index in [-0.39, 0.29) is 0 Å². The molecule has 0 saturated carbocycles. The Bertz CT molecular complexity index is 110. The van der Waals surface area contributed by atoms with Gasteiger partial charge in [-0.15, -0.1) is 0 Å². The number of hydrogen-bond donors (Lipinski definition) is 1. The lowest BCUT2D eigenvalue weighted by atomic mass is 9.91. The summed E-state index contributed by atoms with van der Waals surface area (Å²) in [5, 5.41) is 9.26. The second-order valence-corrected chi connectivity index (χ2v) is 7.14. The van der Waals surface area contributed by atoms with E-state index in [4.69, 9.17) is 5.11 Å². The van der Waals surface area contributed by atoms with Crippen molar-refractivity contribution >= 4 is 21.6 Å². The Balaban J connectivity index is 3.40. The highest BCUT2D eigenvalue weighted by molar-refractivity contribution is 8.76. The maximum Gasteiger partial charge on any atom is 0.0530 e. The van der Waals surface area contributed by atoms with E-state index in [1.807, 2.05) is 10.8 Å². The van der Waals surface area contributed by atoms with Crippen LogP contribution < -0.4 is 0 Å². The second-order valence-electron chi connectivity index (χ2n) is 4.22. The van der Waals surface area contributed by atoms with Crippen LogP contribution in [0, 0.1) is 5.41 Å². The fourth-order valence-corrected chi connectivity index (χ4v) is 3.48. The zero-order valence-electron chi connectivity index (χ0n) is 8.46. The molecular weight excluding hydrogens is 188 g/mol. The summed E-state index contributed by atoms with van der Waals surface area (Å²) < 4.78 is 0. The van der Waals surface area contributed by atoms with E-state index in [9.17, 15) is 0 Å². The predicted octanol–water partition coefficient (Wildman–Crippen LogP) is 3.18. The summed E-state index contributed by atoms with van der Waals surface area (Å²) in [4.78, 5) is 0. The van der Waals surface area contributed by atoms with Gasteiger partial charge in [-0.05, 0) is 11.8 Å². The van der Waals surface area contributed by atoms with Gasteiger partial charge in [-0.2, -0.15) is 0 Å². The van der Waals surface area contributed by atoms with Crippen LogP contribution in [0.15, 0.2) is 0 Å². The van der Waals surface area contributed by atoms with Crippen molar-refractivity contribution in [2.75, 3.05) is 12.4 Å². The molecule has 1 N–H and O–H groups in total. The molecule has 0 aliphatic heterocycles. The summed E-state index contributed by atoms with van der Waals surface area (Å²) in [6.07, 6.45) is 1.23.